The number of aliphatic hydroxyl groups excluding tert-OH is 1. The Kier molecular flexibility index (Phi) is 3.03. The van der Waals surface area contributed by atoms with Crippen molar-refractivity contribution in [2.24, 2.45) is 0 Å². The summed E-state index contributed by atoms with van der Waals surface area (Å²) in [5.41, 5.74) is 2.84. The molecule has 4 nitrogen and oxygen atoms in total. The molecule has 1 aromatic heterocycles. The first-order valence-electron chi connectivity index (χ1n) is 6.67. The number of hydrogen-bond donors (Lipinski definition) is 2. The number of aliphatic hydroxyl groups is 1. The minimum atomic E-state index is 0.181. The summed E-state index contributed by atoms with van der Waals surface area (Å²) in [6, 6.07) is 7.54. The number of rotatable bonds is 2. The first kappa shape index (κ1) is 12.2. The molecule has 2 aromatic rings. The number of pyridine rings is 1. The van der Waals surface area contributed by atoms with Gasteiger partial charge in [-0.15, -0.1) is 0 Å². The van der Waals surface area contributed by atoms with E-state index in [4.69, 9.17) is 0 Å². The van der Waals surface area contributed by atoms with Crippen molar-refractivity contribution >= 4 is 16.6 Å². The molecule has 0 spiro atoms. The summed E-state index contributed by atoms with van der Waals surface area (Å²) in [4.78, 5) is 6.73. The molecule has 2 N–H and O–H groups in total. The Bertz CT molecular complexity index is 607. The lowest BCUT2D eigenvalue weighted by molar-refractivity contribution is 0.266. The largest absolute Gasteiger partial charge is 0.508 e. The molecule has 100 valence electrons. The molecule has 2 heterocycles. The van der Waals surface area contributed by atoms with E-state index in [2.05, 4.69) is 16.0 Å². The summed E-state index contributed by atoms with van der Waals surface area (Å²) in [5, 5.41) is 20.1. The zero-order chi connectivity index (χ0) is 13.4. The van der Waals surface area contributed by atoms with Crippen molar-refractivity contribution in [1.29, 1.82) is 0 Å². The van der Waals surface area contributed by atoms with Crippen LogP contribution >= 0.6 is 0 Å². The van der Waals surface area contributed by atoms with E-state index >= 15 is 0 Å². The number of aromatic nitrogens is 1. The average molecular weight is 258 g/mol. The van der Waals surface area contributed by atoms with Gasteiger partial charge in [-0.3, -0.25) is 4.98 Å². The van der Waals surface area contributed by atoms with Crippen LogP contribution in [0, 0.1) is 6.92 Å². The number of aryl methyl sites for hydroxylation is 1. The van der Waals surface area contributed by atoms with E-state index in [9.17, 15) is 10.2 Å². The number of nitrogens with zero attached hydrogens (tertiary/aromatic N) is 2. The molecule has 1 aromatic carbocycles. The van der Waals surface area contributed by atoms with Crippen LogP contribution in [-0.2, 0) is 0 Å². The molecule has 0 bridgehead atoms. The first-order chi connectivity index (χ1) is 9.19. The number of benzene rings is 1. The van der Waals surface area contributed by atoms with Gasteiger partial charge in [-0.1, -0.05) is 0 Å². The summed E-state index contributed by atoms with van der Waals surface area (Å²) in [6.07, 6.45) is 2.13. The third-order valence-electron chi connectivity index (χ3n) is 3.80. The second kappa shape index (κ2) is 4.70. The van der Waals surface area contributed by atoms with E-state index in [1.54, 1.807) is 12.1 Å². The van der Waals surface area contributed by atoms with Gasteiger partial charge in [0.2, 0.25) is 0 Å². The lowest BCUT2D eigenvalue weighted by Gasteiger charge is -2.27. The fourth-order valence-corrected chi connectivity index (χ4v) is 2.91. The molecule has 19 heavy (non-hydrogen) atoms. The molecule has 1 atom stereocenters. The third kappa shape index (κ3) is 2.12. The maximum Gasteiger partial charge on any atom is 0.117 e. The van der Waals surface area contributed by atoms with Crippen LogP contribution in [0.3, 0.4) is 0 Å². The van der Waals surface area contributed by atoms with E-state index in [-0.39, 0.29) is 18.4 Å². The van der Waals surface area contributed by atoms with Crippen molar-refractivity contribution in [3.63, 3.8) is 0 Å². The molecule has 0 amide bonds. The van der Waals surface area contributed by atoms with Crippen LogP contribution in [0.4, 0.5) is 5.69 Å². The lowest BCUT2D eigenvalue weighted by Crippen LogP contribution is -2.32. The fourth-order valence-electron chi connectivity index (χ4n) is 2.91. The Morgan fingerprint density at radius 2 is 2.21 bits per heavy atom. The molecule has 1 unspecified atom stereocenters. The van der Waals surface area contributed by atoms with Crippen LogP contribution < -0.4 is 4.90 Å². The average Bonchev–Trinajstić information content (AvgIpc) is 2.85. The molecular formula is C15H18N2O2. The van der Waals surface area contributed by atoms with Crippen LogP contribution in [0.5, 0.6) is 5.75 Å². The van der Waals surface area contributed by atoms with Gasteiger partial charge in [-0.05, 0) is 38.0 Å². The second-order valence-corrected chi connectivity index (χ2v) is 5.16. The lowest BCUT2D eigenvalue weighted by atomic mass is 10.1. The van der Waals surface area contributed by atoms with E-state index in [1.807, 2.05) is 13.0 Å². The van der Waals surface area contributed by atoms with Gasteiger partial charge in [0.05, 0.1) is 18.2 Å². The van der Waals surface area contributed by atoms with Crippen molar-refractivity contribution in [2.45, 2.75) is 25.8 Å². The number of anilines is 1. The van der Waals surface area contributed by atoms with Crippen LogP contribution in [-0.4, -0.2) is 34.4 Å². The molecule has 4 heteroatoms. The highest BCUT2D eigenvalue weighted by Gasteiger charge is 2.25. The molecule has 0 saturated carbocycles. The predicted molar refractivity (Wildman–Crippen MR) is 75.6 cm³/mol. The summed E-state index contributed by atoms with van der Waals surface area (Å²) in [5.74, 6) is 0.233. The Morgan fingerprint density at radius 1 is 1.37 bits per heavy atom. The van der Waals surface area contributed by atoms with Gasteiger partial charge >= 0.3 is 0 Å². The molecular weight excluding hydrogens is 240 g/mol. The van der Waals surface area contributed by atoms with Gasteiger partial charge in [0.15, 0.2) is 0 Å². The SMILES string of the molecule is Cc1cc(N2CCCC2CO)c2ccc(O)cc2n1. The highest BCUT2D eigenvalue weighted by Crippen LogP contribution is 2.33. The Balaban J connectivity index is 2.17. The highest BCUT2D eigenvalue weighted by molar-refractivity contribution is 5.93. The van der Waals surface area contributed by atoms with E-state index < -0.39 is 0 Å². The standard InChI is InChI=1S/C15H18N2O2/c1-10-7-15(17-6-2-3-11(17)9-18)13-5-4-12(19)8-14(13)16-10/h4-5,7-8,11,18-19H,2-3,6,9H2,1H3. The summed E-state index contributed by atoms with van der Waals surface area (Å²) >= 11 is 0. The van der Waals surface area contributed by atoms with Crippen molar-refractivity contribution in [2.75, 3.05) is 18.1 Å². The maximum atomic E-state index is 9.58. The zero-order valence-corrected chi connectivity index (χ0v) is 11.0. The van der Waals surface area contributed by atoms with Crippen molar-refractivity contribution < 1.29 is 10.2 Å². The van der Waals surface area contributed by atoms with Crippen LogP contribution in [0.25, 0.3) is 10.9 Å². The van der Waals surface area contributed by atoms with Gasteiger partial charge < -0.3 is 15.1 Å². The first-order valence-corrected chi connectivity index (χ1v) is 6.67. The molecule has 1 aliphatic heterocycles. The summed E-state index contributed by atoms with van der Waals surface area (Å²) in [6.45, 7) is 3.10. The Labute approximate surface area is 112 Å². The normalized spacial score (nSPS) is 19.3. The minimum Gasteiger partial charge on any atom is -0.508 e. The highest BCUT2D eigenvalue weighted by atomic mass is 16.3. The van der Waals surface area contributed by atoms with Gasteiger partial charge in [-0.25, -0.2) is 0 Å². The molecule has 1 aliphatic rings. The number of aromatic hydroxyl groups is 1. The quantitative estimate of drug-likeness (QED) is 0.867. The second-order valence-electron chi connectivity index (χ2n) is 5.16. The Hall–Kier alpha value is -1.81. The number of phenolic OH excluding ortho intramolecular Hbond substituents is 1. The smallest absolute Gasteiger partial charge is 0.117 e. The maximum absolute atomic E-state index is 9.58. The van der Waals surface area contributed by atoms with Crippen LogP contribution in [0.2, 0.25) is 0 Å². The number of fused-ring (bicyclic) bond motifs is 1. The molecule has 1 fully saturated rings. The molecule has 0 aliphatic carbocycles. The van der Waals surface area contributed by atoms with Gasteiger partial charge in [0.1, 0.15) is 5.75 Å². The van der Waals surface area contributed by atoms with Crippen molar-refractivity contribution in [3.8, 4) is 5.75 Å². The number of hydrogen-bond acceptors (Lipinski definition) is 4. The van der Waals surface area contributed by atoms with Gasteiger partial charge in [0.25, 0.3) is 0 Å². The van der Waals surface area contributed by atoms with Crippen molar-refractivity contribution in [3.05, 3.63) is 30.0 Å². The van der Waals surface area contributed by atoms with Crippen LogP contribution in [0.1, 0.15) is 18.5 Å². The zero-order valence-electron chi connectivity index (χ0n) is 11.0. The van der Waals surface area contributed by atoms with E-state index in [1.165, 1.54) is 0 Å². The number of phenols is 1. The fraction of sp³-hybridized carbons (Fsp3) is 0.400. The molecule has 3 rings (SSSR count). The molecule has 0 radical (unpaired) electrons. The third-order valence-corrected chi connectivity index (χ3v) is 3.80. The predicted octanol–water partition coefficient (Wildman–Crippen LogP) is 2.21. The summed E-state index contributed by atoms with van der Waals surface area (Å²) in [7, 11) is 0. The summed E-state index contributed by atoms with van der Waals surface area (Å²) < 4.78 is 0. The Morgan fingerprint density at radius 3 is 3.00 bits per heavy atom. The minimum absolute atomic E-state index is 0.181. The van der Waals surface area contributed by atoms with Crippen molar-refractivity contribution in [1.82, 2.24) is 4.98 Å². The van der Waals surface area contributed by atoms with Gasteiger partial charge in [-0.2, -0.15) is 0 Å². The van der Waals surface area contributed by atoms with Crippen LogP contribution in [0.15, 0.2) is 24.3 Å². The monoisotopic (exact) mass is 258 g/mol. The van der Waals surface area contributed by atoms with Gasteiger partial charge in [0, 0.05) is 29.4 Å². The van der Waals surface area contributed by atoms with E-state index in [0.29, 0.717) is 0 Å². The molecule has 1 saturated heterocycles. The topological polar surface area (TPSA) is 56.6 Å². The van der Waals surface area contributed by atoms with E-state index in [0.717, 1.165) is 41.7 Å².